The molecular weight excluding hydrogens is 438 g/mol. The number of hydrogen-bond acceptors (Lipinski definition) is 5. The van der Waals surface area contributed by atoms with Crippen LogP contribution in [0.15, 0.2) is 53.7 Å². The van der Waals surface area contributed by atoms with Crippen molar-refractivity contribution in [3.63, 3.8) is 0 Å². The summed E-state index contributed by atoms with van der Waals surface area (Å²) in [5, 5.41) is 5.49. The Labute approximate surface area is 196 Å². The van der Waals surface area contributed by atoms with Crippen LogP contribution in [-0.4, -0.2) is 60.9 Å². The summed E-state index contributed by atoms with van der Waals surface area (Å²) in [6, 6.07) is 10.3. The maximum absolute atomic E-state index is 13.1. The molecular formula is C24H33N5O3S. The molecule has 8 nitrogen and oxygen atoms in total. The smallest absolute Gasteiger partial charge is 0.319 e. The van der Waals surface area contributed by atoms with E-state index in [0.717, 1.165) is 18.7 Å². The van der Waals surface area contributed by atoms with E-state index in [2.05, 4.69) is 27.4 Å². The summed E-state index contributed by atoms with van der Waals surface area (Å²) in [5.41, 5.74) is 1.43. The van der Waals surface area contributed by atoms with Gasteiger partial charge in [-0.15, -0.1) is 0 Å². The highest BCUT2D eigenvalue weighted by molar-refractivity contribution is 7.89. The Balaban J connectivity index is 1.30. The van der Waals surface area contributed by atoms with E-state index in [9.17, 15) is 13.2 Å². The van der Waals surface area contributed by atoms with Gasteiger partial charge in [-0.3, -0.25) is 9.88 Å². The fraction of sp³-hybridized carbons (Fsp3) is 0.500. The number of sulfonamides is 1. The summed E-state index contributed by atoms with van der Waals surface area (Å²) < 4.78 is 27.8. The van der Waals surface area contributed by atoms with E-state index >= 15 is 0 Å². The molecule has 2 amide bonds. The second-order valence-electron chi connectivity index (χ2n) is 8.96. The Hall–Kier alpha value is -2.49. The molecule has 2 fully saturated rings. The molecule has 2 unspecified atom stereocenters. The number of urea groups is 1. The molecule has 0 radical (unpaired) electrons. The highest BCUT2D eigenvalue weighted by Gasteiger charge is 2.33. The minimum Gasteiger partial charge on any atom is -0.334 e. The fourth-order valence-corrected chi connectivity index (χ4v) is 6.26. The molecule has 178 valence electrons. The zero-order valence-electron chi connectivity index (χ0n) is 19.1. The molecule has 1 saturated heterocycles. The normalized spacial score (nSPS) is 22.6. The third-order valence-corrected chi connectivity index (χ3v) is 8.65. The van der Waals surface area contributed by atoms with Gasteiger partial charge in [0.15, 0.2) is 0 Å². The van der Waals surface area contributed by atoms with Crippen molar-refractivity contribution in [3.8, 4) is 0 Å². The molecule has 2 atom stereocenters. The molecule has 1 aliphatic heterocycles. The van der Waals surface area contributed by atoms with Crippen LogP contribution in [0, 0.1) is 5.92 Å². The number of aromatic nitrogens is 1. The topological polar surface area (TPSA) is 94.6 Å². The van der Waals surface area contributed by atoms with Crippen LogP contribution in [0.2, 0.25) is 0 Å². The number of nitrogens with one attached hydrogen (secondary N) is 2. The maximum Gasteiger partial charge on any atom is 0.319 e. The first-order chi connectivity index (χ1) is 15.9. The van der Waals surface area contributed by atoms with Gasteiger partial charge in [-0.2, -0.15) is 4.31 Å². The van der Waals surface area contributed by atoms with Gasteiger partial charge in [0.1, 0.15) is 0 Å². The van der Waals surface area contributed by atoms with E-state index in [-0.39, 0.29) is 10.9 Å². The second-order valence-corrected chi connectivity index (χ2v) is 10.9. The van der Waals surface area contributed by atoms with E-state index < -0.39 is 10.0 Å². The minimum absolute atomic E-state index is 0.253. The maximum atomic E-state index is 13.1. The standard InChI is InChI=1S/C24H33N5O3S/c1-19-5-2-3-7-23(19)28-13-15-29(16-14-28)33(31,32)22-10-8-21(9-11-22)27-24(30)26-18-20-6-4-12-25-17-20/h4,6,8-12,17,19,23H,2-3,5,7,13-16,18H2,1H3,(H2,26,27,30). The lowest BCUT2D eigenvalue weighted by atomic mass is 9.84. The number of rotatable bonds is 6. The molecule has 2 N–H and O–H groups in total. The minimum atomic E-state index is -3.55. The van der Waals surface area contributed by atoms with Crippen molar-refractivity contribution in [1.29, 1.82) is 0 Å². The van der Waals surface area contributed by atoms with Crippen LogP contribution in [0.1, 0.15) is 38.2 Å². The van der Waals surface area contributed by atoms with Gasteiger partial charge in [-0.05, 0) is 54.7 Å². The quantitative estimate of drug-likeness (QED) is 0.674. The Bertz CT molecular complexity index is 1020. The van der Waals surface area contributed by atoms with Crippen LogP contribution < -0.4 is 10.6 Å². The summed E-state index contributed by atoms with van der Waals surface area (Å²) in [4.78, 5) is 18.9. The molecule has 1 aliphatic carbocycles. The summed E-state index contributed by atoms with van der Waals surface area (Å²) >= 11 is 0. The van der Waals surface area contributed by atoms with Crippen LogP contribution in [0.25, 0.3) is 0 Å². The number of pyridine rings is 1. The van der Waals surface area contributed by atoms with Gasteiger partial charge in [0.25, 0.3) is 0 Å². The van der Waals surface area contributed by atoms with Crippen LogP contribution in [0.4, 0.5) is 10.5 Å². The molecule has 1 saturated carbocycles. The molecule has 1 aromatic carbocycles. The second kappa shape index (κ2) is 10.6. The van der Waals surface area contributed by atoms with Gasteiger partial charge >= 0.3 is 6.03 Å². The first kappa shape index (κ1) is 23.7. The lowest BCUT2D eigenvalue weighted by Crippen LogP contribution is -2.53. The average molecular weight is 472 g/mol. The van der Waals surface area contributed by atoms with Crippen LogP contribution in [0.3, 0.4) is 0 Å². The summed E-state index contributed by atoms with van der Waals surface area (Å²) in [6.07, 6.45) is 8.44. The Morgan fingerprint density at radius 2 is 1.79 bits per heavy atom. The van der Waals surface area contributed by atoms with Gasteiger partial charge in [0.2, 0.25) is 10.0 Å². The number of hydrogen-bond donors (Lipinski definition) is 2. The number of piperazine rings is 1. The van der Waals surface area contributed by atoms with Gasteiger partial charge in [0.05, 0.1) is 4.90 Å². The molecule has 9 heteroatoms. The number of nitrogens with zero attached hydrogens (tertiary/aromatic N) is 3. The molecule has 2 heterocycles. The Morgan fingerprint density at radius 3 is 2.45 bits per heavy atom. The molecule has 33 heavy (non-hydrogen) atoms. The molecule has 4 rings (SSSR count). The third kappa shape index (κ3) is 5.90. The molecule has 0 spiro atoms. The predicted molar refractivity (Wildman–Crippen MR) is 128 cm³/mol. The predicted octanol–water partition coefficient (Wildman–Crippen LogP) is 3.29. The average Bonchev–Trinajstić information content (AvgIpc) is 2.84. The van der Waals surface area contributed by atoms with Crippen LogP contribution >= 0.6 is 0 Å². The van der Waals surface area contributed by atoms with Crippen molar-refractivity contribution in [2.45, 2.75) is 50.1 Å². The number of amides is 2. The summed E-state index contributed by atoms with van der Waals surface area (Å²) in [7, 11) is -3.55. The number of carbonyl (C=O) groups excluding carboxylic acids is 1. The third-order valence-electron chi connectivity index (χ3n) is 6.73. The molecule has 2 aliphatic rings. The van der Waals surface area contributed by atoms with Crippen molar-refractivity contribution in [1.82, 2.24) is 19.5 Å². The highest BCUT2D eigenvalue weighted by Crippen LogP contribution is 2.29. The van der Waals surface area contributed by atoms with Gasteiger partial charge in [-0.1, -0.05) is 25.8 Å². The Morgan fingerprint density at radius 1 is 1.06 bits per heavy atom. The van der Waals surface area contributed by atoms with Gasteiger partial charge < -0.3 is 10.6 Å². The first-order valence-corrected chi connectivity index (χ1v) is 13.2. The molecule has 2 aromatic rings. The van der Waals surface area contributed by atoms with Gasteiger partial charge in [-0.25, -0.2) is 13.2 Å². The first-order valence-electron chi connectivity index (χ1n) is 11.7. The van der Waals surface area contributed by atoms with Crippen molar-refractivity contribution in [2.24, 2.45) is 5.92 Å². The molecule has 1 aromatic heterocycles. The van der Waals surface area contributed by atoms with Crippen LogP contribution in [-0.2, 0) is 16.6 Å². The van der Waals surface area contributed by atoms with E-state index in [1.807, 2.05) is 12.1 Å². The number of carbonyl (C=O) groups is 1. The number of anilines is 1. The van der Waals surface area contributed by atoms with Crippen molar-refractivity contribution in [3.05, 3.63) is 54.4 Å². The van der Waals surface area contributed by atoms with Gasteiger partial charge in [0, 0.05) is 56.8 Å². The van der Waals surface area contributed by atoms with Crippen molar-refractivity contribution >= 4 is 21.7 Å². The van der Waals surface area contributed by atoms with Crippen LogP contribution in [0.5, 0.6) is 0 Å². The highest BCUT2D eigenvalue weighted by atomic mass is 32.2. The van der Waals surface area contributed by atoms with Crippen molar-refractivity contribution in [2.75, 3.05) is 31.5 Å². The van der Waals surface area contributed by atoms with E-state index in [0.29, 0.717) is 37.3 Å². The fourth-order valence-electron chi connectivity index (χ4n) is 4.83. The van der Waals surface area contributed by atoms with Crippen molar-refractivity contribution < 1.29 is 13.2 Å². The molecule has 0 bridgehead atoms. The van der Waals surface area contributed by atoms with E-state index in [1.165, 1.54) is 25.7 Å². The van der Waals surface area contributed by atoms with E-state index in [4.69, 9.17) is 0 Å². The zero-order chi connectivity index (χ0) is 23.3. The lowest BCUT2D eigenvalue weighted by molar-refractivity contribution is 0.0786. The summed E-state index contributed by atoms with van der Waals surface area (Å²) in [6.45, 7) is 5.28. The SMILES string of the molecule is CC1CCCCC1N1CCN(S(=O)(=O)c2ccc(NC(=O)NCc3cccnc3)cc2)CC1. The Kier molecular flexibility index (Phi) is 7.62. The summed E-state index contributed by atoms with van der Waals surface area (Å²) in [5.74, 6) is 0.684. The monoisotopic (exact) mass is 471 g/mol. The van der Waals surface area contributed by atoms with E-state index in [1.54, 1.807) is 41.0 Å². The zero-order valence-corrected chi connectivity index (χ0v) is 19.9. The largest absolute Gasteiger partial charge is 0.334 e. The lowest BCUT2D eigenvalue weighted by Gasteiger charge is -2.43. The number of benzene rings is 1.